The van der Waals surface area contributed by atoms with Crippen molar-refractivity contribution in [3.05, 3.63) is 229 Å². The van der Waals surface area contributed by atoms with E-state index in [1.807, 2.05) is 35.3 Å². The summed E-state index contributed by atoms with van der Waals surface area (Å²) in [7, 11) is 6.42. The maximum absolute atomic E-state index is 12.4. The van der Waals surface area contributed by atoms with Gasteiger partial charge in [-0.1, -0.05) is 196 Å². The lowest BCUT2D eigenvalue weighted by atomic mass is 9.98. The van der Waals surface area contributed by atoms with Crippen LogP contribution in [0.1, 0.15) is 260 Å². The smallest absolute Gasteiger partial charge is 0.293 e. The zero-order chi connectivity index (χ0) is 98.2. The van der Waals surface area contributed by atoms with Gasteiger partial charge in [0.15, 0.2) is 0 Å². The molecule has 1 aliphatic carbocycles. The van der Waals surface area contributed by atoms with Crippen molar-refractivity contribution in [2.24, 2.45) is 67.3 Å². The molecular weight excluding hydrogens is 1720 g/mol. The lowest BCUT2D eigenvalue weighted by Gasteiger charge is -2.34. The molecule has 15 heterocycles. The number of nitrogens with one attached hydrogen (secondary N) is 1. The Morgan fingerprint density at radius 3 is 1.22 bits per heavy atom. The molecule has 12 aliphatic rings. The van der Waals surface area contributed by atoms with Crippen molar-refractivity contribution in [1.29, 1.82) is 0 Å². The number of hydrogen-bond donors (Lipinski definition) is 1. The Labute approximate surface area is 834 Å². The highest BCUT2D eigenvalue weighted by Gasteiger charge is 2.31. The number of amidine groups is 4. The molecule has 7 fully saturated rings. The Kier molecular flexibility index (Phi) is 38.2. The molecule has 21 rings (SSSR count). The summed E-state index contributed by atoms with van der Waals surface area (Å²) < 4.78 is 18.2. The third kappa shape index (κ3) is 30.4. The number of aryl methyl sites for hydroxylation is 1. The molecule has 9 aromatic rings. The molecule has 4 aromatic heterocycles. The van der Waals surface area contributed by atoms with Crippen LogP contribution in [0, 0.1) is 47.3 Å². The summed E-state index contributed by atoms with van der Waals surface area (Å²) in [5, 5.41) is 4.17. The second-order valence-electron chi connectivity index (χ2n) is 44.2. The van der Waals surface area contributed by atoms with Gasteiger partial charge in [0.05, 0.1) is 59.5 Å². The van der Waals surface area contributed by atoms with E-state index >= 15 is 0 Å². The van der Waals surface area contributed by atoms with Gasteiger partial charge >= 0.3 is 0 Å². The molecule has 0 bridgehead atoms. The monoisotopic (exact) mass is 1890 g/mol. The van der Waals surface area contributed by atoms with Crippen LogP contribution in [0.25, 0.3) is 10.9 Å². The number of aliphatic imine (C=N–C) groups is 4. The topological polar surface area (TPSA) is 185 Å². The van der Waals surface area contributed by atoms with Crippen LogP contribution in [0.2, 0.25) is 0 Å². The average molecular weight is 1890 g/mol. The summed E-state index contributed by atoms with van der Waals surface area (Å²) >= 11 is 0. The second kappa shape index (κ2) is 50.9. The fraction of sp³-hybridized carbons (Fsp3) is 0.568. The SMILES string of the molecule is CC(C)Cc1ccc(N(C)C2CCCC2)nc1.CC(C)Cc1ccc(N(C)C2CCNC2)nc1.CC(C)Cc1ccc(N(C)C2CCOC2)nc1.CC(C)Cc1ccc2c(c1)CN1CCCC1=N2.CC(C)Cc1ccc2c(c1)CN1CCCCC1=N2.CC(C)Cc1ccc2c(c1)CN1CCOC1=N2.CC(C)Cc1ccc2c(c1)CN1CCOCC1=N2.CC(C)Cc1ccc2nc3n(c(=O)c2c1)CCC3. The predicted molar refractivity (Wildman–Crippen MR) is 579 cm³/mol. The first kappa shape index (κ1) is 104. The van der Waals surface area contributed by atoms with Gasteiger partial charge in [-0.15, -0.1) is 0 Å². The molecule has 2 unspecified atom stereocenters. The van der Waals surface area contributed by atoms with E-state index in [2.05, 4.69) is 312 Å². The van der Waals surface area contributed by atoms with Gasteiger partial charge in [-0.3, -0.25) is 9.36 Å². The molecule has 1 saturated carbocycles. The first-order valence-corrected chi connectivity index (χ1v) is 53.4. The lowest BCUT2D eigenvalue weighted by Crippen LogP contribution is -2.42. The van der Waals surface area contributed by atoms with Gasteiger partial charge in [-0.05, 0) is 278 Å². The van der Waals surface area contributed by atoms with Crippen molar-refractivity contribution in [3.8, 4) is 0 Å². The van der Waals surface area contributed by atoms with Gasteiger partial charge in [0.25, 0.3) is 11.6 Å². The third-order valence-electron chi connectivity index (χ3n) is 28.0. The number of piperidine rings is 1. The number of likely N-dealkylation sites (N-methyl/N-ethyl adjacent to an activating group) is 2. The van der Waals surface area contributed by atoms with Crippen LogP contribution in [0.5, 0.6) is 0 Å². The maximum Gasteiger partial charge on any atom is 0.293 e. The van der Waals surface area contributed by atoms with Crippen LogP contribution in [0.15, 0.2) is 171 Å². The van der Waals surface area contributed by atoms with Crippen LogP contribution >= 0.6 is 0 Å². The third-order valence-corrected chi connectivity index (χ3v) is 28.0. The molecule has 6 saturated heterocycles. The number of rotatable bonds is 22. The van der Waals surface area contributed by atoms with E-state index in [-0.39, 0.29) is 5.56 Å². The Bertz CT molecular complexity index is 5250. The number of fused-ring (bicyclic) bond motifs is 10. The zero-order valence-corrected chi connectivity index (χ0v) is 88.2. The van der Waals surface area contributed by atoms with Gasteiger partial charge in [-0.25, -0.2) is 34.9 Å². The highest BCUT2D eigenvalue weighted by molar-refractivity contribution is 5.90. The van der Waals surface area contributed by atoms with Crippen molar-refractivity contribution in [3.63, 3.8) is 0 Å². The van der Waals surface area contributed by atoms with Crippen molar-refractivity contribution in [2.45, 2.75) is 296 Å². The number of benzene rings is 5. The molecule has 5 aromatic carbocycles. The highest BCUT2D eigenvalue weighted by Crippen LogP contribution is 2.37. The molecule has 21 heteroatoms. The van der Waals surface area contributed by atoms with Gasteiger partial charge in [0.2, 0.25) is 0 Å². The quantitative estimate of drug-likeness (QED) is 0.0675. The van der Waals surface area contributed by atoms with E-state index in [0.29, 0.717) is 60.2 Å². The fourth-order valence-electron chi connectivity index (χ4n) is 21.0. The predicted octanol–water partition coefficient (Wildman–Crippen LogP) is 23.7. The number of ether oxygens (including phenoxy) is 3. The number of pyridine rings is 3. The van der Waals surface area contributed by atoms with E-state index in [0.717, 1.165) is 225 Å². The molecule has 0 spiro atoms. The zero-order valence-electron chi connectivity index (χ0n) is 88.2. The van der Waals surface area contributed by atoms with Crippen LogP contribution < -0.4 is 25.6 Å². The van der Waals surface area contributed by atoms with Crippen LogP contribution in [0.3, 0.4) is 0 Å². The first-order chi connectivity index (χ1) is 67.0. The summed E-state index contributed by atoms with van der Waals surface area (Å²) in [5.74, 6) is 13.5. The Morgan fingerprint density at radius 2 is 0.770 bits per heavy atom. The summed E-state index contributed by atoms with van der Waals surface area (Å²) in [6.07, 6.45) is 30.9. The summed E-state index contributed by atoms with van der Waals surface area (Å²) in [6, 6.07) is 48.7. The number of nitrogens with zero attached hydrogens (tertiary/aromatic N) is 16. The van der Waals surface area contributed by atoms with E-state index in [1.165, 1.54) is 167 Å². The van der Waals surface area contributed by atoms with E-state index in [4.69, 9.17) is 29.2 Å². The average Bonchev–Trinajstić information content (AvgIpc) is 1.69. The van der Waals surface area contributed by atoms with Gasteiger partial charge in [0.1, 0.15) is 54.0 Å². The number of morpholine rings is 1. The van der Waals surface area contributed by atoms with Crippen LogP contribution in [-0.4, -0.2) is 179 Å². The minimum Gasteiger partial charge on any atom is -0.463 e. The van der Waals surface area contributed by atoms with Crippen molar-refractivity contribution >= 4 is 74.6 Å². The molecule has 0 radical (unpaired) electrons. The van der Waals surface area contributed by atoms with Crippen molar-refractivity contribution in [2.75, 3.05) is 108 Å². The summed E-state index contributed by atoms with van der Waals surface area (Å²) in [6.45, 7) is 51.3. The number of aromatic nitrogens is 5. The van der Waals surface area contributed by atoms with Gasteiger partial charge < -0.3 is 53.8 Å². The molecule has 2 atom stereocenters. The first-order valence-electron chi connectivity index (χ1n) is 53.4. The van der Waals surface area contributed by atoms with E-state index in [9.17, 15) is 4.79 Å². The molecule has 0 amide bonds. The Balaban J connectivity index is 0.000000127. The number of hydrogen-bond acceptors (Lipinski definition) is 20. The maximum atomic E-state index is 12.4. The van der Waals surface area contributed by atoms with E-state index in [1.54, 1.807) is 0 Å². The standard InChI is InChI=1S/C16H22N2.C15H20N2O.C15H18N2O.C15H20N2.C15H24N2.C14H23N3.C14H18N2O.C14H22N2O/c1-12(2)9-13-6-7-15-14(10-13)11-18-8-4-3-5-16(18)17-15;1-11(2)7-12-3-4-14-13(8-12)9-17-5-6-18-10-15(17)16-14;1-10(2)8-11-5-6-13-12(9-11)15(18)17-7-3-4-14(17)16-13;1-11(2)8-12-5-6-14-13(9-12)10-17-7-3-4-15(17)16-14;1-12(2)10-13-8-9-15(16-11-13)17(3)14-6-4-5-7-14;1-11(2)8-12-4-5-14(16-9-12)17(3)13-6-7-15-10-13;1-10(2)7-11-3-4-13-12(8-11)9-16-5-6-17-14(16)15-13;1-11(2)8-12-4-5-14(15-9-12)16(3)13-6-7-17-10-13/h6-7,10,12H,3-5,8-9,11H2,1-2H3;3-4,8,11H,5-7,9-10H2,1-2H3;5-6,9-10H,3-4,7-8H2,1-2H3;5-6,9,11H,3-4,7-8,10H2,1-2H3;8-9,11-12,14H,4-7,10H2,1-3H3;4-5,9,11,13,15H,6-8,10H2,1-3H3;3-4,8,10H,5-7,9H2,1-2H3;4-5,9,11,13H,6-8,10H2,1-3H3. The van der Waals surface area contributed by atoms with Gasteiger partial charge in [-0.2, -0.15) is 4.99 Å². The largest absolute Gasteiger partial charge is 0.463 e. The Hall–Kier alpha value is -10.4. The van der Waals surface area contributed by atoms with E-state index < -0.39 is 0 Å². The lowest BCUT2D eigenvalue weighted by molar-refractivity contribution is 0.112. The van der Waals surface area contributed by atoms with Crippen LogP contribution in [-0.2, 0) is 105 Å². The molecule has 21 nitrogen and oxygen atoms in total. The van der Waals surface area contributed by atoms with Crippen molar-refractivity contribution in [1.82, 2.24) is 49.4 Å². The summed E-state index contributed by atoms with van der Waals surface area (Å²) in [4.78, 5) is 65.9. The molecule has 748 valence electrons. The van der Waals surface area contributed by atoms with Crippen LogP contribution in [0.4, 0.5) is 40.2 Å². The minimum absolute atomic E-state index is 0.137. The molecule has 11 aliphatic heterocycles. The normalized spacial score (nSPS) is 17.9. The minimum atomic E-state index is 0.137. The molecule has 1 N–H and O–H groups in total. The Morgan fingerprint density at radius 1 is 0.367 bits per heavy atom. The van der Waals surface area contributed by atoms with Gasteiger partial charge in [0, 0.05) is 137 Å². The molecular formula is C118H167N17O4. The second-order valence-corrected chi connectivity index (χ2v) is 44.2. The fourth-order valence-corrected chi connectivity index (χ4v) is 21.0. The summed E-state index contributed by atoms with van der Waals surface area (Å²) in [5.41, 5.74) is 22.1. The van der Waals surface area contributed by atoms with Crippen molar-refractivity contribution < 1.29 is 14.2 Å². The molecule has 139 heavy (non-hydrogen) atoms. The highest BCUT2D eigenvalue weighted by atomic mass is 16.5. The number of anilines is 3.